The van der Waals surface area contributed by atoms with E-state index in [4.69, 9.17) is 14.3 Å². The summed E-state index contributed by atoms with van der Waals surface area (Å²) in [5.74, 6) is 0. The van der Waals surface area contributed by atoms with Crippen molar-refractivity contribution >= 4 is 32.3 Å². The number of unbranched alkanes of at least 4 members (excludes halogenated alkanes) is 3. The zero-order valence-corrected chi connectivity index (χ0v) is 34.9. The summed E-state index contributed by atoms with van der Waals surface area (Å²) >= 11 is 0. The van der Waals surface area contributed by atoms with E-state index in [2.05, 4.69) is 142 Å². The molecule has 0 amide bonds. The lowest BCUT2D eigenvalue weighted by Gasteiger charge is -2.40. The van der Waals surface area contributed by atoms with Crippen molar-refractivity contribution in [1.82, 2.24) is 4.67 Å². The highest BCUT2D eigenvalue weighted by molar-refractivity contribution is 7.44. The molecule has 53 heavy (non-hydrogen) atoms. The van der Waals surface area contributed by atoms with Crippen molar-refractivity contribution in [2.75, 3.05) is 36.1 Å². The molecule has 286 valence electrons. The molecule has 0 radical (unpaired) electrons. The lowest BCUT2D eigenvalue weighted by atomic mass is 9.69. The fourth-order valence-corrected chi connectivity index (χ4v) is 10.6. The third kappa shape index (κ3) is 8.66. The summed E-state index contributed by atoms with van der Waals surface area (Å²) in [6, 6.07) is 16.7. The second-order valence-electron chi connectivity index (χ2n) is 16.2. The van der Waals surface area contributed by atoms with Crippen molar-refractivity contribution in [3.05, 3.63) is 107 Å². The first kappa shape index (κ1) is 41.3. The van der Waals surface area contributed by atoms with Crippen molar-refractivity contribution in [3.63, 3.8) is 0 Å². The van der Waals surface area contributed by atoms with Crippen LogP contribution in [0, 0.1) is 11.3 Å². The maximum absolute atomic E-state index is 9.02. The van der Waals surface area contributed by atoms with E-state index in [1.165, 1.54) is 64.2 Å². The molecule has 6 nitrogen and oxygen atoms in total. The number of benzene rings is 2. The molecule has 2 aromatic rings. The Kier molecular flexibility index (Phi) is 14.1. The Balaban J connectivity index is 0.00000541. The molecule has 4 aliphatic rings. The number of anilines is 2. The molecule has 0 aliphatic carbocycles. The average Bonchev–Trinajstić information content (AvgIpc) is 3.63. The number of aryl methyl sites for hydroxylation is 1. The van der Waals surface area contributed by atoms with Crippen LogP contribution >= 0.6 is 20.9 Å². The summed E-state index contributed by atoms with van der Waals surface area (Å²) in [6.45, 7) is 19.2. The summed E-state index contributed by atoms with van der Waals surface area (Å²) in [4.78, 5) is 5.07. The lowest BCUT2D eigenvalue weighted by molar-refractivity contribution is 0.174. The molecule has 4 aliphatic heterocycles. The van der Waals surface area contributed by atoms with Crippen LogP contribution in [0.4, 0.5) is 11.4 Å². The summed E-state index contributed by atoms with van der Waals surface area (Å²) in [5, 5.41) is 9.02. The van der Waals surface area contributed by atoms with Gasteiger partial charge in [0.15, 0.2) is 0 Å². The number of nitriles is 1. The van der Waals surface area contributed by atoms with Crippen LogP contribution in [0.3, 0.4) is 0 Å². The molecule has 0 saturated carbocycles. The molecule has 2 atom stereocenters. The van der Waals surface area contributed by atoms with Crippen LogP contribution < -0.4 is 9.80 Å². The molecule has 8 heteroatoms. The van der Waals surface area contributed by atoms with E-state index in [1.807, 2.05) is 0 Å². The second-order valence-corrected chi connectivity index (χ2v) is 17.7. The van der Waals surface area contributed by atoms with Crippen LogP contribution in [-0.4, -0.2) is 43.1 Å². The van der Waals surface area contributed by atoms with Crippen LogP contribution in [0.2, 0.25) is 0 Å². The monoisotopic (exact) mass is 756 g/mol. The number of rotatable bonds is 17. The molecule has 6 rings (SSSR count). The van der Waals surface area contributed by atoms with Crippen molar-refractivity contribution in [2.24, 2.45) is 0 Å². The van der Waals surface area contributed by atoms with Gasteiger partial charge in [0.05, 0.1) is 25.7 Å². The first-order valence-corrected chi connectivity index (χ1v) is 21.0. The Morgan fingerprint density at radius 1 is 0.849 bits per heavy atom. The third-order valence-electron chi connectivity index (χ3n) is 11.6. The third-order valence-corrected chi connectivity index (χ3v) is 13.7. The molecular weight excluding hydrogens is 695 g/mol. The van der Waals surface area contributed by atoms with Gasteiger partial charge in [-0.3, -0.25) is 0 Å². The lowest BCUT2D eigenvalue weighted by Crippen LogP contribution is -2.33. The largest absolute Gasteiger partial charge is 0.347 e. The number of hydrogen-bond acceptors (Lipinski definition) is 6. The molecule has 2 unspecified atom stereocenters. The second kappa shape index (κ2) is 18.1. The Morgan fingerprint density at radius 2 is 1.55 bits per heavy atom. The van der Waals surface area contributed by atoms with Crippen molar-refractivity contribution < 1.29 is 9.05 Å². The van der Waals surface area contributed by atoms with E-state index in [9.17, 15) is 0 Å². The first-order valence-electron chi connectivity index (χ1n) is 19.9. The van der Waals surface area contributed by atoms with Gasteiger partial charge in [-0.05, 0) is 93.7 Å². The Labute approximate surface area is 328 Å². The SMILES string of the molecule is CC(C)N(C(C)C)P(OCCC#N)OCCCCCCC1(C)C(/C=C/C=C/C=C2/N3CCCc4cccc(c43)C2(C)C)=CN2CCc3cccc1c32.Cl. The minimum Gasteiger partial charge on any atom is -0.347 e. The maximum atomic E-state index is 9.02. The van der Waals surface area contributed by atoms with Gasteiger partial charge in [0.25, 0.3) is 8.53 Å². The van der Waals surface area contributed by atoms with Crippen molar-refractivity contribution in [2.45, 2.75) is 129 Å². The Bertz CT molecular complexity index is 1730. The number of halogens is 1. The number of hydrogen-bond donors (Lipinski definition) is 0. The molecule has 0 aromatic heterocycles. The summed E-state index contributed by atoms with van der Waals surface area (Å²) < 4.78 is 14.7. The van der Waals surface area contributed by atoms with Crippen LogP contribution in [0.1, 0.15) is 116 Å². The molecule has 0 N–H and O–H groups in total. The fraction of sp³-hybridized carbons (Fsp3) is 0.533. The summed E-state index contributed by atoms with van der Waals surface area (Å²) in [7, 11) is -1.17. The topological polar surface area (TPSA) is 52.0 Å². The highest BCUT2D eigenvalue weighted by Gasteiger charge is 2.42. The predicted octanol–water partition coefficient (Wildman–Crippen LogP) is 11.6. The van der Waals surface area contributed by atoms with Gasteiger partial charge >= 0.3 is 0 Å². The average molecular weight is 757 g/mol. The zero-order chi connectivity index (χ0) is 36.9. The highest BCUT2D eigenvalue weighted by atomic mass is 35.5. The normalized spacial score (nSPS) is 21.2. The van der Waals surface area contributed by atoms with Gasteiger partial charge in [-0.25, -0.2) is 4.67 Å². The zero-order valence-electron chi connectivity index (χ0n) is 33.2. The van der Waals surface area contributed by atoms with E-state index in [1.54, 1.807) is 0 Å². The minimum atomic E-state index is -1.17. The predicted molar refractivity (Wildman–Crippen MR) is 226 cm³/mol. The first-order chi connectivity index (χ1) is 25.1. The van der Waals surface area contributed by atoms with E-state index < -0.39 is 8.53 Å². The van der Waals surface area contributed by atoms with E-state index >= 15 is 0 Å². The smallest absolute Gasteiger partial charge is 0.259 e. The van der Waals surface area contributed by atoms with Gasteiger partial charge in [-0.15, -0.1) is 12.4 Å². The van der Waals surface area contributed by atoms with Gasteiger partial charge in [0, 0.05) is 59.3 Å². The summed E-state index contributed by atoms with van der Waals surface area (Å²) in [5.41, 5.74) is 11.6. The van der Waals surface area contributed by atoms with Crippen molar-refractivity contribution in [3.8, 4) is 6.07 Å². The van der Waals surface area contributed by atoms with Gasteiger partial charge in [0.1, 0.15) is 0 Å². The Morgan fingerprint density at radius 3 is 2.28 bits per heavy atom. The van der Waals surface area contributed by atoms with E-state index in [-0.39, 0.29) is 23.2 Å². The van der Waals surface area contributed by atoms with Crippen LogP contribution in [0.15, 0.2) is 84.2 Å². The highest BCUT2D eigenvalue weighted by Crippen LogP contribution is 2.52. The quantitative estimate of drug-likeness (QED) is 0.0910. The van der Waals surface area contributed by atoms with Crippen LogP contribution in [0.25, 0.3) is 0 Å². The fourth-order valence-electron chi connectivity index (χ4n) is 8.96. The minimum absolute atomic E-state index is 0. The maximum Gasteiger partial charge on any atom is 0.259 e. The van der Waals surface area contributed by atoms with Crippen LogP contribution in [-0.2, 0) is 32.7 Å². The van der Waals surface area contributed by atoms with Gasteiger partial charge < -0.3 is 18.8 Å². The van der Waals surface area contributed by atoms with Crippen LogP contribution in [0.5, 0.6) is 0 Å². The van der Waals surface area contributed by atoms with Gasteiger partial charge in [0.2, 0.25) is 0 Å². The number of para-hydroxylation sites is 2. The molecule has 4 heterocycles. The molecule has 0 fully saturated rings. The van der Waals surface area contributed by atoms with E-state index in [0.29, 0.717) is 31.7 Å². The standard InChI is InChI=1S/C45H61N4O2P.ClH/c1-34(2)49(35(3)4)52(51-32-18-28-46)50-31-14-9-8-13-27-45(7)38(33-47-30-26-37-20-16-24-40(45)42(37)47)22-11-10-12-25-41-44(5,6)39-23-15-19-36-21-17-29-48(41)43(36)39;/h10-12,15-16,19-20,22-25,33-35H,8-9,13-14,17-18,21,26-27,29-32H2,1-7H3;1H/b12-10+,22-11+,41-25+;. The van der Waals surface area contributed by atoms with Crippen molar-refractivity contribution in [1.29, 1.82) is 5.26 Å². The Hall–Kier alpha value is -2.91. The molecular formula is C45H62ClN4O2P. The molecule has 0 saturated heterocycles. The number of allylic oxidation sites excluding steroid dienone is 7. The van der Waals surface area contributed by atoms with Gasteiger partial charge in [-0.2, -0.15) is 5.26 Å². The molecule has 0 bridgehead atoms. The number of nitrogens with zero attached hydrogens (tertiary/aromatic N) is 4. The summed E-state index contributed by atoms with van der Waals surface area (Å²) in [6.07, 6.45) is 23.4. The van der Waals surface area contributed by atoms with E-state index in [0.717, 1.165) is 45.2 Å². The molecule has 0 spiro atoms. The molecule has 2 aromatic carbocycles. The van der Waals surface area contributed by atoms with Gasteiger partial charge in [-0.1, -0.05) is 101 Å².